The van der Waals surface area contributed by atoms with Crippen LogP contribution in [0.3, 0.4) is 0 Å². The average Bonchev–Trinajstić information content (AvgIpc) is 2.62. The number of rotatable bonds is 1. The number of aromatic nitrogens is 1. The van der Waals surface area contributed by atoms with E-state index < -0.39 is 0 Å². The van der Waals surface area contributed by atoms with Crippen LogP contribution in [0.4, 0.5) is 0 Å². The minimum Gasteiger partial charge on any atom is -0.319 e. The molecule has 1 amide bonds. The number of hydrogen-bond donors (Lipinski definition) is 0. The van der Waals surface area contributed by atoms with E-state index in [-0.39, 0.29) is 11.8 Å². The van der Waals surface area contributed by atoms with Gasteiger partial charge in [-0.15, -0.1) is 0 Å². The van der Waals surface area contributed by atoms with Gasteiger partial charge in [-0.1, -0.05) is 31.3 Å². The molecule has 0 spiro atoms. The highest BCUT2D eigenvalue weighted by molar-refractivity contribution is 7.16. The third kappa shape index (κ3) is 2.12. The molecule has 0 unspecified atom stereocenters. The van der Waals surface area contributed by atoms with Gasteiger partial charge in [-0.3, -0.25) is 4.79 Å². The molecule has 0 atom stereocenters. The van der Waals surface area contributed by atoms with Crippen LogP contribution in [0.25, 0.3) is 10.2 Å². The summed E-state index contributed by atoms with van der Waals surface area (Å²) in [7, 11) is 1.97. The van der Waals surface area contributed by atoms with E-state index in [0.717, 1.165) is 4.80 Å². The molecule has 1 aromatic carbocycles. The fourth-order valence-electron chi connectivity index (χ4n) is 1.86. The van der Waals surface area contributed by atoms with Gasteiger partial charge in [-0.05, 0) is 31.0 Å². The maximum Gasteiger partial charge on any atom is 0.250 e. The van der Waals surface area contributed by atoms with E-state index in [9.17, 15) is 4.79 Å². The quantitative estimate of drug-likeness (QED) is 0.778. The third-order valence-electron chi connectivity index (χ3n) is 3.19. The van der Waals surface area contributed by atoms with Gasteiger partial charge in [-0.25, -0.2) is 0 Å². The highest BCUT2D eigenvalue weighted by atomic mass is 32.1. The van der Waals surface area contributed by atoms with Gasteiger partial charge in [0.15, 0.2) is 4.80 Å². The van der Waals surface area contributed by atoms with E-state index in [2.05, 4.69) is 31.0 Å². The summed E-state index contributed by atoms with van der Waals surface area (Å²) in [4.78, 5) is 16.7. The number of thiazole rings is 1. The Morgan fingerprint density at radius 1 is 1.33 bits per heavy atom. The molecule has 2 aromatic rings. The first-order valence-corrected chi connectivity index (χ1v) is 6.87. The molecule has 1 aromatic heterocycles. The van der Waals surface area contributed by atoms with Gasteiger partial charge in [0.05, 0.1) is 10.2 Å². The molecule has 3 nitrogen and oxygen atoms in total. The van der Waals surface area contributed by atoms with Gasteiger partial charge in [0.25, 0.3) is 5.91 Å². The molecule has 96 valence electrons. The summed E-state index contributed by atoms with van der Waals surface area (Å²) in [5, 5.41) is 0. The molecule has 2 rings (SSSR count). The van der Waals surface area contributed by atoms with Gasteiger partial charge >= 0.3 is 0 Å². The minimum absolute atomic E-state index is 0.0574. The summed E-state index contributed by atoms with van der Waals surface area (Å²) < 4.78 is 3.19. The van der Waals surface area contributed by atoms with Crippen molar-refractivity contribution in [2.45, 2.75) is 27.7 Å². The van der Waals surface area contributed by atoms with Crippen molar-refractivity contribution in [3.8, 4) is 0 Å². The minimum atomic E-state index is -0.0634. The fraction of sp³-hybridized carbons (Fsp3) is 0.429. The first-order valence-electron chi connectivity index (χ1n) is 6.06. The molecule has 0 radical (unpaired) electrons. The molecule has 0 N–H and O–H groups in total. The molecular formula is C14H18N2OS. The Morgan fingerprint density at radius 2 is 2.00 bits per heavy atom. The standard InChI is InChI=1S/C14H18N2OS/c1-8(2)13(17)15-14-16(5)12-10(4)9(3)6-7-11(12)18-14/h6-8H,1-5H3. The van der Waals surface area contributed by atoms with Crippen LogP contribution in [0.5, 0.6) is 0 Å². The molecule has 0 fully saturated rings. The molecule has 0 aliphatic rings. The molecule has 18 heavy (non-hydrogen) atoms. The monoisotopic (exact) mass is 262 g/mol. The zero-order valence-electron chi connectivity index (χ0n) is 11.4. The topological polar surface area (TPSA) is 34.4 Å². The molecular weight excluding hydrogens is 244 g/mol. The largest absolute Gasteiger partial charge is 0.319 e. The SMILES string of the molecule is Cc1ccc2sc(=NC(=O)C(C)C)n(C)c2c1C. The van der Waals surface area contributed by atoms with Crippen molar-refractivity contribution in [2.75, 3.05) is 0 Å². The fourth-order valence-corrected chi connectivity index (χ4v) is 2.94. The van der Waals surface area contributed by atoms with Gasteiger partial charge in [0.1, 0.15) is 0 Å². The van der Waals surface area contributed by atoms with Crippen molar-refractivity contribution in [3.63, 3.8) is 0 Å². The van der Waals surface area contributed by atoms with E-state index in [0.29, 0.717) is 0 Å². The first kappa shape index (κ1) is 13.0. The normalized spacial score (nSPS) is 12.7. The second kappa shape index (κ2) is 4.69. The summed E-state index contributed by atoms with van der Waals surface area (Å²) in [6.07, 6.45) is 0. The smallest absolute Gasteiger partial charge is 0.250 e. The predicted molar refractivity (Wildman–Crippen MR) is 75.7 cm³/mol. The molecule has 0 aliphatic heterocycles. The number of aryl methyl sites for hydroxylation is 3. The number of fused-ring (bicyclic) bond motifs is 1. The molecule has 0 saturated carbocycles. The Kier molecular flexibility index (Phi) is 3.39. The molecule has 4 heteroatoms. The highest BCUT2D eigenvalue weighted by Crippen LogP contribution is 2.22. The van der Waals surface area contributed by atoms with Crippen molar-refractivity contribution < 1.29 is 4.79 Å². The average molecular weight is 262 g/mol. The second-order valence-electron chi connectivity index (χ2n) is 4.90. The number of benzene rings is 1. The van der Waals surface area contributed by atoms with Crippen molar-refractivity contribution in [3.05, 3.63) is 28.1 Å². The molecule has 0 bridgehead atoms. The number of nitrogens with zero attached hydrogens (tertiary/aromatic N) is 2. The molecule has 1 heterocycles. The maximum atomic E-state index is 11.7. The Hall–Kier alpha value is -1.42. The lowest BCUT2D eigenvalue weighted by Crippen LogP contribution is -2.16. The number of carbonyl (C=O) groups is 1. The number of hydrogen-bond acceptors (Lipinski definition) is 2. The van der Waals surface area contributed by atoms with Crippen molar-refractivity contribution >= 4 is 27.5 Å². The van der Waals surface area contributed by atoms with Crippen molar-refractivity contribution in [1.29, 1.82) is 0 Å². The van der Waals surface area contributed by atoms with Crippen LogP contribution < -0.4 is 4.80 Å². The summed E-state index contributed by atoms with van der Waals surface area (Å²) in [5.41, 5.74) is 3.69. The molecule has 0 aliphatic carbocycles. The van der Waals surface area contributed by atoms with E-state index in [1.807, 2.05) is 25.5 Å². The predicted octanol–water partition coefficient (Wildman–Crippen LogP) is 2.94. The van der Waals surface area contributed by atoms with E-state index in [4.69, 9.17) is 0 Å². The van der Waals surface area contributed by atoms with Gasteiger partial charge in [-0.2, -0.15) is 4.99 Å². The van der Waals surface area contributed by atoms with E-state index in [1.54, 1.807) is 11.3 Å². The van der Waals surface area contributed by atoms with Crippen molar-refractivity contribution in [1.82, 2.24) is 4.57 Å². The van der Waals surface area contributed by atoms with Crippen LogP contribution in [0, 0.1) is 19.8 Å². The number of amides is 1. The summed E-state index contributed by atoms with van der Waals surface area (Å²) in [6.45, 7) is 7.95. The zero-order valence-corrected chi connectivity index (χ0v) is 12.3. The third-order valence-corrected chi connectivity index (χ3v) is 4.29. The van der Waals surface area contributed by atoms with Crippen LogP contribution in [-0.2, 0) is 11.8 Å². The Bertz CT molecular complexity index is 677. The van der Waals surface area contributed by atoms with E-state index in [1.165, 1.54) is 21.3 Å². The van der Waals surface area contributed by atoms with Crippen molar-refractivity contribution in [2.24, 2.45) is 18.0 Å². The van der Waals surface area contributed by atoms with E-state index >= 15 is 0 Å². The summed E-state index contributed by atoms with van der Waals surface area (Å²) in [6, 6.07) is 4.21. The summed E-state index contributed by atoms with van der Waals surface area (Å²) >= 11 is 1.57. The van der Waals surface area contributed by atoms with Gasteiger partial charge < -0.3 is 4.57 Å². The maximum absolute atomic E-state index is 11.7. The second-order valence-corrected chi connectivity index (χ2v) is 5.91. The zero-order chi connectivity index (χ0) is 13.4. The lowest BCUT2D eigenvalue weighted by molar-refractivity contribution is -0.120. The Morgan fingerprint density at radius 3 is 2.61 bits per heavy atom. The van der Waals surface area contributed by atoms with Gasteiger partial charge in [0.2, 0.25) is 0 Å². The highest BCUT2D eigenvalue weighted by Gasteiger charge is 2.10. The van der Waals surface area contributed by atoms with Crippen LogP contribution in [0.15, 0.2) is 17.1 Å². The number of carbonyl (C=O) groups excluding carboxylic acids is 1. The lowest BCUT2D eigenvalue weighted by atomic mass is 10.1. The van der Waals surface area contributed by atoms with Crippen LogP contribution >= 0.6 is 11.3 Å². The van der Waals surface area contributed by atoms with Crippen LogP contribution in [0.1, 0.15) is 25.0 Å². The summed E-state index contributed by atoms with van der Waals surface area (Å²) in [5.74, 6) is -0.121. The Balaban J connectivity index is 2.73. The lowest BCUT2D eigenvalue weighted by Gasteiger charge is -2.03. The first-order chi connectivity index (χ1) is 8.41. The van der Waals surface area contributed by atoms with Crippen LogP contribution in [0.2, 0.25) is 0 Å². The Labute approximate surface area is 111 Å². The molecule has 0 saturated heterocycles. The van der Waals surface area contributed by atoms with Gasteiger partial charge in [0, 0.05) is 13.0 Å². The van der Waals surface area contributed by atoms with Crippen LogP contribution in [-0.4, -0.2) is 10.5 Å².